The van der Waals surface area contributed by atoms with Crippen molar-refractivity contribution in [3.05, 3.63) is 35.1 Å². The number of rotatable bonds is 12. The van der Waals surface area contributed by atoms with Gasteiger partial charge in [-0.25, -0.2) is 17.8 Å². The number of aromatic nitrogens is 3. The first-order chi connectivity index (χ1) is 20.4. The van der Waals surface area contributed by atoms with E-state index in [1.165, 1.54) is 4.72 Å². The van der Waals surface area contributed by atoms with Crippen molar-refractivity contribution in [1.29, 1.82) is 0 Å². The summed E-state index contributed by atoms with van der Waals surface area (Å²) in [6, 6.07) is -1.44. The summed E-state index contributed by atoms with van der Waals surface area (Å²) in [6.45, 7) is 4.43. The second kappa shape index (κ2) is 12.3. The molecule has 2 heterocycles. The first kappa shape index (κ1) is 33.8. The molecule has 1 atom stereocenters. The van der Waals surface area contributed by atoms with Crippen LogP contribution < -0.4 is 4.72 Å². The number of hydrogen-bond donors (Lipinski definition) is 1. The zero-order chi connectivity index (χ0) is 32.7. The Kier molecular flexibility index (Phi) is 9.47. The number of thiazole rings is 1. The molecule has 0 radical (unpaired) electrons. The molecule has 1 fully saturated rings. The second-order valence-corrected chi connectivity index (χ2v) is 13.6. The molecule has 3 aromatic rings. The maximum Gasteiger partial charge on any atom is 0.419 e. The molecule has 1 aliphatic carbocycles. The van der Waals surface area contributed by atoms with Gasteiger partial charge in [-0.2, -0.15) is 36.0 Å². The molecule has 0 aliphatic heterocycles. The second-order valence-electron chi connectivity index (χ2n) is 10.9. The number of carbonyl (C=O) groups excluding carboxylic acids is 1. The van der Waals surface area contributed by atoms with E-state index < -0.39 is 62.3 Å². The summed E-state index contributed by atoms with van der Waals surface area (Å²) in [6.07, 6.45) is -8.58. The highest BCUT2D eigenvalue weighted by molar-refractivity contribution is 7.89. The number of carbonyl (C=O) groups is 1. The van der Waals surface area contributed by atoms with Crippen molar-refractivity contribution < 1.29 is 53.2 Å². The molecule has 2 aromatic heterocycles. The van der Waals surface area contributed by atoms with Gasteiger partial charge in [0.25, 0.3) is 6.47 Å². The van der Waals surface area contributed by atoms with Crippen molar-refractivity contribution in [2.75, 3.05) is 0 Å². The van der Waals surface area contributed by atoms with Crippen molar-refractivity contribution in [2.24, 2.45) is 5.92 Å². The third-order valence-electron chi connectivity index (χ3n) is 7.03. The van der Waals surface area contributed by atoms with Crippen LogP contribution in [0.1, 0.15) is 63.6 Å². The molecule has 0 saturated heterocycles. The van der Waals surface area contributed by atoms with Crippen LogP contribution in [0.4, 0.5) is 30.7 Å². The summed E-state index contributed by atoms with van der Waals surface area (Å²) >= 11 is 0.690. The van der Waals surface area contributed by atoms with Gasteiger partial charge in [-0.1, -0.05) is 37.4 Å². The van der Waals surface area contributed by atoms with Gasteiger partial charge in [0.05, 0.1) is 17.0 Å². The number of benzene rings is 1. The predicted molar refractivity (Wildman–Crippen MR) is 142 cm³/mol. The highest BCUT2D eigenvalue weighted by atomic mass is 32.2. The lowest BCUT2D eigenvalue weighted by Gasteiger charge is -2.25. The highest BCUT2D eigenvalue weighted by Crippen LogP contribution is 2.46. The van der Waals surface area contributed by atoms with Crippen LogP contribution in [-0.2, 0) is 38.6 Å². The lowest BCUT2D eigenvalue weighted by atomic mass is 9.81. The SMILES string of the molecule is CC[C@H](NS(=O)(=O)c1ccc(-c2sc(-c3noc(CC(C)(C)OC=O)n3)nc2CC2CCC2)c(C(F)(F)F)c1F)C(F)(F)F. The van der Waals surface area contributed by atoms with Crippen LogP contribution in [0.25, 0.3) is 21.3 Å². The summed E-state index contributed by atoms with van der Waals surface area (Å²) in [5.74, 6) is -2.22. The van der Waals surface area contributed by atoms with Gasteiger partial charge in [-0.3, -0.25) is 4.79 Å². The molecule has 0 spiro atoms. The topological polar surface area (TPSA) is 124 Å². The van der Waals surface area contributed by atoms with Crippen molar-refractivity contribution in [2.45, 2.75) is 88.2 Å². The van der Waals surface area contributed by atoms with E-state index in [0.717, 1.165) is 26.2 Å². The molecule has 18 heteroatoms. The first-order valence-electron chi connectivity index (χ1n) is 13.3. The van der Waals surface area contributed by atoms with E-state index in [1.807, 2.05) is 0 Å². The largest absolute Gasteiger partial charge is 0.461 e. The van der Waals surface area contributed by atoms with Gasteiger partial charge in [-0.15, -0.1) is 11.3 Å². The molecular weight excluding hydrogens is 645 g/mol. The van der Waals surface area contributed by atoms with Crippen molar-refractivity contribution in [3.8, 4) is 21.3 Å². The fourth-order valence-electron chi connectivity index (χ4n) is 4.58. The van der Waals surface area contributed by atoms with Gasteiger partial charge in [0.15, 0.2) is 10.8 Å². The average molecular weight is 673 g/mol. The Morgan fingerprint density at radius 3 is 2.39 bits per heavy atom. The third-order valence-corrected chi connectivity index (χ3v) is 9.65. The van der Waals surface area contributed by atoms with Gasteiger partial charge >= 0.3 is 12.4 Å². The van der Waals surface area contributed by atoms with Gasteiger partial charge < -0.3 is 9.26 Å². The summed E-state index contributed by atoms with van der Waals surface area (Å²) in [5.41, 5.74) is -3.55. The molecular formula is C26H27F7N4O5S2. The maximum atomic E-state index is 15.6. The molecule has 44 heavy (non-hydrogen) atoms. The van der Waals surface area contributed by atoms with E-state index in [9.17, 15) is 39.6 Å². The molecule has 1 aromatic carbocycles. The Labute approximate surface area is 251 Å². The van der Waals surface area contributed by atoms with Crippen molar-refractivity contribution in [3.63, 3.8) is 0 Å². The molecule has 242 valence electrons. The number of halogens is 7. The molecule has 0 unspecified atom stereocenters. The van der Waals surface area contributed by atoms with E-state index in [0.29, 0.717) is 23.5 Å². The van der Waals surface area contributed by atoms with Crippen LogP contribution in [0.15, 0.2) is 21.6 Å². The maximum absolute atomic E-state index is 15.6. The summed E-state index contributed by atoms with van der Waals surface area (Å²) in [4.78, 5) is 17.7. The number of nitrogens with zero attached hydrogens (tertiary/aromatic N) is 3. The molecule has 1 aliphatic rings. The van der Waals surface area contributed by atoms with Crippen LogP contribution in [0.2, 0.25) is 0 Å². The summed E-state index contributed by atoms with van der Waals surface area (Å²) < 4.78 is 135. The Bertz CT molecular complexity index is 1610. The number of ether oxygens (including phenoxy) is 1. The molecule has 0 amide bonds. The fourth-order valence-corrected chi connectivity index (χ4v) is 7.02. The quantitative estimate of drug-likeness (QED) is 0.172. The van der Waals surface area contributed by atoms with Crippen molar-refractivity contribution >= 4 is 27.8 Å². The first-order valence-corrected chi connectivity index (χ1v) is 15.6. The minimum Gasteiger partial charge on any atom is -0.461 e. The Morgan fingerprint density at radius 1 is 1.16 bits per heavy atom. The summed E-state index contributed by atoms with van der Waals surface area (Å²) in [7, 11) is -5.37. The smallest absolute Gasteiger partial charge is 0.419 e. The zero-order valence-corrected chi connectivity index (χ0v) is 25.1. The predicted octanol–water partition coefficient (Wildman–Crippen LogP) is 6.47. The average Bonchev–Trinajstić information content (AvgIpc) is 3.49. The zero-order valence-electron chi connectivity index (χ0n) is 23.5. The molecule has 4 rings (SSSR count). The molecule has 1 saturated carbocycles. The molecule has 9 nitrogen and oxygen atoms in total. The van der Waals surface area contributed by atoms with Crippen LogP contribution in [0, 0.1) is 11.7 Å². The lowest BCUT2D eigenvalue weighted by Crippen LogP contribution is -2.45. The van der Waals surface area contributed by atoms with Crippen LogP contribution >= 0.6 is 11.3 Å². The minimum atomic E-state index is -5.44. The van der Waals surface area contributed by atoms with E-state index in [2.05, 4.69) is 15.1 Å². The number of sulfonamides is 1. The Morgan fingerprint density at radius 2 is 1.84 bits per heavy atom. The Balaban J connectivity index is 1.81. The number of alkyl halides is 6. The van der Waals surface area contributed by atoms with Crippen LogP contribution in [0.3, 0.4) is 0 Å². The standard InChI is InChI=1S/C26H27F7N4O5S2/c1-4-17(25(28,29)30)37-44(39,40)16-9-8-14(19(20(16)27)26(31,32)33)21-15(10-13-6-5-7-13)34-23(43-21)22-35-18(42-36-22)11-24(2,3)41-12-38/h8-9,12-13,17,37H,4-7,10-11H2,1-3H3/t17-/m0/s1. The fraction of sp³-hybridized carbons (Fsp3) is 0.538. The normalized spacial score (nSPS) is 15.7. The molecule has 0 bridgehead atoms. The van der Waals surface area contributed by atoms with E-state index >= 15 is 4.39 Å². The van der Waals surface area contributed by atoms with Gasteiger partial charge in [-0.05, 0) is 38.7 Å². The molecule has 1 N–H and O–H groups in total. The lowest BCUT2D eigenvalue weighted by molar-refractivity contribution is -0.151. The van der Waals surface area contributed by atoms with Crippen LogP contribution in [-0.4, -0.2) is 47.8 Å². The van der Waals surface area contributed by atoms with Crippen LogP contribution in [0.5, 0.6) is 0 Å². The van der Waals surface area contributed by atoms with Gasteiger partial charge in [0.2, 0.25) is 21.7 Å². The monoisotopic (exact) mass is 672 g/mol. The highest BCUT2D eigenvalue weighted by Gasteiger charge is 2.44. The van der Waals surface area contributed by atoms with E-state index in [1.54, 1.807) is 13.8 Å². The van der Waals surface area contributed by atoms with Crippen molar-refractivity contribution in [1.82, 2.24) is 19.8 Å². The van der Waals surface area contributed by atoms with Gasteiger partial charge in [0, 0.05) is 5.56 Å². The third kappa shape index (κ3) is 7.39. The summed E-state index contributed by atoms with van der Waals surface area (Å²) in [5, 5.41) is 3.85. The minimum absolute atomic E-state index is 0.00648. The Hall–Kier alpha value is -3.12. The number of nitrogens with one attached hydrogen (secondary N) is 1. The van der Waals surface area contributed by atoms with E-state index in [-0.39, 0.29) is 52.5 Å². The number of hydrogen-bond acceptors (Lipinski definition) is 9. The van der Waals surface area contributed by atoms with Gasteiger partial charge in [0.1, 0.15) is 22.1 Å². The van der Waals surface area contributed by atoms with E-state index in [4.69, 9.17) is 9.26 Å².